The van der Waals surface area contributed by atoms with E-state index < -0.39 is 0 Å². The summed E-state index contributed by atoms with van der Waals surface area (Å²) in [6.07, 6.45) is 4.44. The molecule has 4 heteroatoms. The lowest BCUT2D eigenvalue weighted by Gasteiger charge is -2.07. The van der Waals surface area contributed by atoms with Gasteiger partial charge in [0.1, 0.15) is 12.1 Å². The highest BCUT2D eigenvalue weighted by molar-refractivity contribution is 6.31. The minimum Gasteiger partial charge on any atom is -0.331 e. The molecule has 0 saturated heterocycles. The average Bonchev–Trinajstić information content (AvgIpc) is 2.67. The summed E-state index contributed by atoms with van der Waals surface area (Å²) >= 11 is 6.08. The van der Waals surface area contributed by atoms with Gasteiger partial charge in [0.25, 0.3) is 0 Å². The Morgan fingerprint density at radius 3 is 2.88 bits per heavy atom. The van der Waals surface area contributed by atoms with E-state index in [4.69, 9.17) is 11.6 Å². The van der Waals surface area contributed by atoms with E-state index >= 15 is 0 Å². The fourth-order valence-electron chi connectivity index (χ4n) is 1.52. The molecule has 0 amide bonds. The Morgan fingerprint density at radius 1 is 1.50 bits per heavy atom. The molecule has 16 heavy (non-hydrogen) atoms. The first-order valence-electron chi connectivity index (χ1n) is 4.92. The highest BCUT2D eigenvalue weighted by Gasteiger charge is 2.04. The minimum absolute atomic E-state index is 0.594. The van der Waals surface area contributed by atoms with Crippen LogP contribution in [0.3, 0.4) is 0 Å². The molecule has 0 unspecified atom stereocenters. The second kappa shape index (κ2) is 4.49. The van der Waals surface area contributed by atoms with E-state index in [1.807, 2.05) is 23.8 Å². The molecule has 0 bridgehead atoms. The normalized spacial score (nSPS) is 10.4. The Morgan fingerprint density at radius 2 is 2.31 bits per heavy atom. The number of benzene rings is 1. The third-order valence-electron chi connectivity index (χ3n) is 2.48. The summed E-state index contributed by atoms with van der Waals surface area (Å²) in [4.78, 5) is 14.7. The van der Waals surface area contributed by atoms with Crippen molar-refractivity contribution in [2.24, 2.45) is 0 Å². The topological polar surface area (TPSA) is 34.9 Å². The van der Waals surface area contributed by atoms with Crippen LogP contribution in [0.2, 0.25) is 5.02 Å². The van der Waals surface area contributed by atoms with Gasteiger partial charge in [0.05, 0.1) is 6.54 Å². The predicted molar refractivity (Wildman–Crippen MR) is 62.9 cm³/mol. The number of aromatic nitrogens is 2. The number of rotatable bonds is 3. The Balaban J connectivity index is 2.29. The maximum absolute atomic E-state index is 10.6. The monoisotopic (exact) mass is 234 g/mol. The Kier molecular flexibility index (Phi) is 3.06. The van der Waals surface area contributed by atoms with Crippen LogP contribution >= 0.6 is 11.6 Å². The standard InChI is InChI=1S/C12H11ClN2O/c1-9-14-4-5-15(9)7-11-3-2-10(8-16)6-12(11)13/h2-6,8H,7H2,1H3. The van der Waals surface area contributed by atoms with E-state index in [1.165, 1.54) is 0 Å². The van der Waals surface area contributed by atoms with Gasteiger partial charge in [0, 0.05) is 23.0 Å². The van der Waals surface area contributed by atoms with Crippen molar-refractivity contribution in [2.75, 3.05) is 0 Å². The molecule has 0 aliphatic heterocycles. The van der Waals surface area contributed by atoms with Gasteiger partial charge in [-0.1, -0.05) is 23.7 Å². The summed E-state index contributed by atoms with van der Waals surface area (Å²) in [5.41, 5.74) is 1.57. The van der Waals surface area contributed by atoms with Gasteiger partial charge in [0.2, 0.25) is 0 Å². The van der Waals surface area contributed by atoms with Crippen LogP contribution < -0.4 is 0 Å². The van der Waals surface area contributed by atoms with Crippen molar-refractivity contribution in [3.8, 4) is 0 Å². The summed E-state index contributed by atoms with van der Waals surface area (Å²) in [5.74, 6) is 0.940. The molecule has 1 aromatic heterocycles. The summed E-state index contributed by atoms with van der Waals surface area (Å²) in [6, 6.07) is 5.31. The van der Waals surface area contributed by atoms with Crippen molar-refractivity contribution >= 4 is 17.9 Å². The van der Waals surface area contributed by atoms with E-state index in [2.05, 4.69) is 4.98 Å². The highest BCUT2D eigenvalue weighted by Crippen LogP contribution is 2.18. The summed E-state index contributed by atoms with van der Waals surface area (Å²) in [6.45, 7) is 2.61. The SMILES string of the molecule is Cc1nccn1Cc1ccc(C=O)cc1Cl. The molecule has 0 saturated carbocycles. The highest BCUT2D eigenvalue weighted by atomic mass is 35.5. The van der Waals surface area contributed by atoms with Crippen molar-refractivity contribution in [3.63, 3.8) is 0 Å². The van der Waals surface area contributed by atoms with Crippen LogP contribution in [0.4, 0.5) is 0 Å². The smallest absolute Gasteiger partial charge is 0.150 e. The van der Waals surface area contributed by atoms with Crippen molar-refractivity contribution in [2.45, 2.75) is 13.5 Å². The maximum atomic E-state index is 10.6. The third kappa shape index (κ3) is 2.14. The van der Waals surface area contributed by atoms with Gasteiger partial charge in [-0.15, -0.1) is 0 Å². The van der Waals surface area contributed by atoms with Crippen LogP contribution in [-0.4, -0.2) is 15.8 Å². The number of aryl methyl sites for hydroxylation is 1. The van der Waals surface area contributed by atoms with E-state index in [0.29, 0.717) is 17.1 Å². The number of carbonyl (C=O) groups excluding carboxylic acids is 1. The Labute approximate surface area is 98.7 Å². The number of halogens is 1. The molecule has 82 valence electrons. The summed E-state index contributed by atoms with van der Waals surface area (Å²) < 4.78 is 2.00. The van der Waals surface area contributed by atoms with Gasteiger partial charge in [-0.3, -0.25) is 4.79 Å². The van der Waals surface area contributed by atoms with E-state index in [-0.39, 0.29) is 0 Å². The van der Waals surface area contributed by atoms with Crippen LogP contribution in [0.25, 0.3) is 0 Å². The van der Waals surface area contributed by atoms with Gasteiger partial charge < -0.3 is 4.57 Å². The van der Waals surface area contributed by atoms with Crippen LogP contribution in [-0.2, 0) is 6.54 Å². The Hall–Kier alpha value is -1.61. The first-order chi connectivity index (χ1) is 7.70. The molecule has 0 atom stereocenters. The van der Waals surface area contributed by atoms with E-state index in [9.17, 15) is 4.79 Å². The number of carbonyl (C=O) groups is 1. The molecule has 1 heterocycles. The molecule has 3 nitrogen and oxygen atoms in total. The van der Waals surface area contributed by atoms with Gasteiger partial charge in [0.15, 0.2) is 0 Å². The molecule has 0 N–H and O–H groups in total. The largest absolute Gasteiger partial charge is 0.331 e. The van der Waals surface area contributed by atoms with Crippen LogP contribution in [0, 0.1) is 6.92 Å². The maximum Gasteiger partial charge on any atom is 0.150 e. The second-order valence-corrected chi connectivity index (χ2v) is 3.98. The minimum atomic E-state index is 0.594. The molecule has 1 aromatic carbocycles. The fraction of sp³-hybridized carbons (Fsp3) is 0.167. The zero-order valence-corrected chi connectivity index (χ0v) is 9.61. The van der Waals surface area contributed by atoms with Crippen molar-refractivity contribution in [1.82, 2.24) is 9.55 Å². The average molecular weight is 235 g/mol. The lowest BCUT2D eigenvalue weighted by Crippen LogP contribution is -2.01. The second-order valence-electron chi connectivity index (χ2n) is 3.57. The Bertz CT molecular complexity index is 519. The van der Waals surface area contributed by atoms with Gasteiger partial charge in [-0.25, -0.2) is 4.98 Å². The predicted octanol–water partition coefficient (Wildman–Crippen LogP) is 2.71. The lowest BCUT2D eigenvalue weighted by atomic mass is 10.1. The number of nitrogens with zero attached hydrogens (tertiary/aromatic N) is 2. The van der Waals surface area contributed by atoms with Crippen molar-refractivity contribution in [3.05, 3.63) is 52.6 Å². The molecule has 2 rings (SSSR count). The quantitative estimate of drug-likeness (QED) is 0.766. The van der Waals surface area contributed by atoms with Gasteiger partial charge in [-0.2, -0.15) is 0 Å². The van der Waals surface area contributed by atoms with Crippen LogP contribution in [0.15, 0.2) is 30.6 Å². The zero-order valence-electron chi connectivity index (χ0n) is 8.85. The van der Waals surface area contributed by atoms with Gasteiger partial charge in [-0.05, 0) is 18.6 Å². The number of hydrogen-bond acceptors (Lipinski definition) is 2. The molecule has 0 aliphatic rings. The van der Waals surface area contributed by atoms with Gasteiger partial charge >= 0.3 is 0 Å². The van der Waals surface area contributed by atoms with Crippen molar-refractivity contribution < 1.29 is 4.79 Å². The summed E-state index contributed by atoms with van der Waals surface area (Å²) in [5, 5.41) is 0.609. The zero-order chi connectivity index (χ0) is 11.5. The first-order valence-corrected chi connectivity index (χ1v) is 5.30. The molecule has 0 fully saturated rings. The number of imidazole rings is 1. The fourth-order valence-corrected chi connectivity index (χ4v) is 1.77. The molecule has 0 spiro atoms. The van der Waals surface area contributed by atoms with E-state index in [1.54, 1.807) is 18.3 Å². The van der Waals surface area contributed by atoms with Crippen molar-refractivity contribution in [1.29, 1.82) is 0 Å². The first kappa shape index (κ1) is 10.9. The lowest BCUT2D eigenvalue weighted by molar-refractivity contribution is 0.112. The molecule has 0 aliphatic carbocycles. The van der Waals surface area contributed by atoms with E-state index in [0.717, 1.165) is 17.7 Å². The number of aldehydes is 1. The number of hydrogen-bond donors (Lipinski definition) is 0. The van der Waals surface area contributed by atoms with Crippen LogP contribution in [0.1, 0.15) is 21.7 Å². The third-order valence-corrected chi connectivity index (χ3v) is 2.83. The molecular formula is C12H11ClN2O. The molecule has 2 aromatic rings. The van der Waals surface area contributed by atoms with Crippen LogP contribution in [0.5, 0.6) is 0 Å². The molecular weight excluding hydrogens is 224 g/mol. The molecule has 0 radical (unpaired) electrons. The summed E-state index contributed by atoms with van der Waals surface area (Å²) in [7, 11) is 0.